The van der Waals surface area contributed by atoms with Gasteiger partial charge in [0, 0.05) is 5.02 Å². The van der Waals surface area contributed by atoms with Gasteiger partial charge < -0.3 is 4.74 Å². The molecule has 27 heavy (non-hydrogen) atoms. The molecule has 0 aromatic heterocycles. The number of hydrogen-bond donors (Lipinski definition) is 0. The minimum atomic E-state index is -0.421. The van der Waals surface area contributed by atoms with Crippen LogP contribution < -0.4 is 0 Å². The molecule has 0 radical (unpaired) electrons. The van der Waals surface area contributed by atoms with Crippen molar-refractivity contribution in [3.8, 4) is 0 Å². The number of allylic oxidation sites excluding steroid dienone is 4. The van der Waals surface area contributed by atoms with E-state index in [0.717, 1.165) is 22.2 Å². The molecule has 1 saturated heterocycles. The number of imide groups is 1. The predicted molar refractivity (Wildman–Crippen MR) is 103 cm³/mol. The quantitative estimate of drug-likeness (QED) is 0.718. The van der Waals surface area contributed by atoms with E-state index in [1.807, 2.05) is 12.2 Å². The second-order valence-corrected chi connectivity index (χ2v) is 7.66. The molecule has 3 aliphatic rings. The van der Waals surface area contributed by atoms with Crippen molar-refractivity contribution in [1.29, 1.82) is 0 Å². The van der Waals surface area contributed by atoms with E-state index in [1.165, 1.54) is 12.3 Å². The van der Waals surface area contributed by atoms with Crippen molar-refractivity contribution >= 4 is 40.3 Å². The second-order valence-electron chi connectivity index (χ2n) is 6.23. The number of carbonyl (C=O) groups is 3. The van der Waals surface area contributed by atoms with Gasteiger partial charge in [-0.3, -0.25) is 19.3 Å². The van der Waals surface area contributed by atoms with Gasteiger partial charge in [0.15, 0.2) is 5.78 Å². The Kier molecular flexibility index (Phi) is 4.76. The lowest BCUT2D eigenvalue weighted by Gasteiger charge is -2.27. The number of carbonyl (C=O) groups excluding carboxylic acids is 3. The van der Waals surface area contributed by atoms with E-state index < -0.39 is 11.8 Å². The van der Waals surface area contributed by atoms with Gasteiger partial charge >= 0.3 is 0 Å². The maximum atomic E-state index is 12.6. The Morgan fingerprint density at radius 1 is 1.11 bits per heavy atom. The van der Waals surface area contributed by atoms with Crippen LogP contribution in [0.15, 0.2) is 71.4 Å². The zero-order valence-electron chi connectivity index (χ0n) is 14.0. The Morgan fingerprint density at radius 2 is 1.85 bits per heavy atom. The topological polar surface area (TPSA) is 63.7 Å². The zero-order chi connectivity index (χ0) is 19.0. The van der Waals surface area contributed by atoms with E-state index in [0.29, 0.717) is 5.02 Å². The van der Waals surface area contributed by atoms with Crippen LogP contribution in [-0.4, -0.2) is 27.9 Å². The first-order valence-corrected chi connectivity index (χ1v) is 9.47. The summed E-state index contributed by atoms with van der Waals surface area (Å²) in [5.74, 6) is -0.958. The first-order chi connectivity index (χ1) is 13.0. The molecule has 0 saturated carbocycles. The van der Waals surface area contributed by atoms with Crippen molar-refractivity contribution in [2.45, 2.75) is 12.6 Å². The van der Waals surface area contributed by atoms with E-state index >= 15 is 0 Å². The number of ether oxygens (including phenoxy) is 1. The van der Waals surface area contributed by atoms with E-state index in [1.54, 1.807) is 36.4 Å². The standard InChI is InChI=1S/C20H14ClNO4S/c21-14-7-5-12(6-8-14)10-22-19(24)17(27-20(22)25)9-13-11-26-16-4-2-1-3-15(16)18(13)23/h1-9,11,15-16H,10H2. The number of benzene rings is 1. The Balaban J connectivity index is 1.53. The van der Waals surface area contributed by atoms with Gasteiger partial charge in [0.1, 0.15) is 6.10 Å². The van der Waals surface area contributed by atoms with Crippen molar-refractivity contribution in [2.24, 2.45) is 5.92 Å². The number of amides is 2. The van der Waals surface area contributed by atoms with Gasteiger partial charge in [-0.25, -0.2) is 0 Å². The zero-order valence-corrected chi connectivity index (χ0v) is 15.6. The molecule has 5 nitrogen and oxygen atoms in total. The van der Waals surface area contributed by atoms with Gasteiger partial charge in [-0.15, -0.1) is 0 Å². The summed E-state index contributed by atoms with van der Waals surface area (Å²) in [6.07, 6.45) is 9.70. The second kappa shape index (κ2) is 7.21. The maximum absolute atomic E-state index is 12.6. The highest BCUT2D eigenvalue weighted by molar-refractivity contribution is 8.18. The lowest BCUT2D eigenvalue weighted by atomic mass is 9.88. The summed E-state index contributed by atoms with van der Waals surface area (Å²) in [4.78, 5) is 38.9. The molecule has 0 spiro atoms. The van der Waals surface area contributed by atoms with Crippen LogP contribution in [0.4, 0.5) is 4.79 Å². The van der Waals surface area contributed by atoms with Crippen molar-refractivity contribution in [2.75, 3.05) is 0 Å². The highest BCUT2D eigenvalue weighted by Gasteiger charge is 2.37. The smallest absolute Gasteiger partial charge is 0.293 e. The van der Waals surface area contributed by atoms with Gasteiger partial charge in [0.05, 0.1) is 29.2 Å². The lowest BCUT2D eigenvalue weighted by molar-refractivity contribution is -0.123. The molecule has 0 N–H and O–H groups in total. The van der Waals surface area contributed by atoms with Gasteiger partial charge in [-0.2, -0.15) is 0 Å². The van der Waals surface area contributed by atoms with Crippen LogP contribution in [-0.2, 0) is 20.9 Å². The Hall–Kier alpha value is -2.57. The third-order valence-corrected chi connectivity index (χ3v) is 5.60. The molecular formula is C20H14ClNO4S. The van der Waals surface area contributed by atoms with E-state index in [9.17, 15) is 14.4 Å². The summed E-state index contributed by atoms with van der Waals surface area (Å²) < 4.78 is 5.57. The summed E-state index contributed by atoms with van der Waals surface area (Å²) in [5, 5.41) is 0.213. The molecule has 7 heteroatoms. The SMILES string of the molecule is O=C1C(C=C2SC(=O)N(Cc3ccc(Cl)cc3)C2=O)=COC2C=CC=CC12. The van der Waals surface area contributed by atoms with Crippen molar-refractivity contribution < 1.29 is 19.1 Å². The normalized spacial score (nSPS) is 25.7. The number of fused-ring (bicyclic) bond motifs is 1. The van der Waals surface area contributed by atoms with Crippen LogP contribution in [0.1, 0.15) is 5.56 Å². The number of ketones is 1. The number of rotatable bonds is 3. The number of thioether (sulfide) groups is 1. The molecule has 2 aliphatic heterocycles. The third-order valence-electron chi connectivity index (χ3n) is 4.44. The molecule has 1 fully saturated rings. The fraction of sp³-hybridized carbons (Fsp3) is 0.150. The van der Waals surface area contributed by atoms with Crippen molar-refractivity contribution in [3.63, 3.8) is 0 Å². The monoisotopic (exact) mass is 399 g/mol. The highest BCUT2D eigenvalue weighted by Crippen LogP contribution is 2.34. The van der Waals surface area contributed by atoms with Gasteiger partial charge in [0.25, 0.3) is 11.1 Å². The number of hydrogen-bond acceptors (Lipinski definition) is 5. The van der Waals surface area contributed by atoms with Crippen LogP contribution in [0.5, 0.6) is 0 Å². The van der Waals surface area contributed by atoms with Crippen LogP contribution in [0.25, 0.3) is 0 Å². The average Bonchev–Trinajstić information content (AvgIpc) is 2.93. The molecule has 136 valence electrons. The minimum Gasteiger partial charge on any atom is -0.492 e. The van der Waals surface area contributed by atoms with Gasteiger partial charge in [-0.1, -0.05) is 42.0 Å². The highest BCUT2D eigenvalue weighted by atomic mass is 35.5. The fourth-order valence-corrected chi connectivity index (χ4v) is 3.97. The molecule has 1 aliphatic carbocycles. The summed E-state index contributed by atoms with van der Waals surface area (Å²) in [7, 11) is 0. The molecule has 2 amide bonds. The first-order valence-electron chi connectivity index (χ1n) is 8.27. The molecule has 4 rings (SSSR count). The molecule has 2 unspecified atom stereocenters. The number of nitrogens with zero attached hydrogens (tertiary/aromatic N) is 1. The van der Waals surface area contributed by atoms with Crippen LogP contribution >= 0.6 is 23.4 Å². The first kappa shape index (κ1) is 17.8. The largest absolute Gasteiger partial charge is 0.492 e. The maximum Gasteiger partial charge on any atom is 0.293 e. The summed E-state index contributed by atoms with van der Waals surface area (Å²) >= 11 is 6.68. The Bertz CT molecular complexity index is 945. The number of Topliss-reactive ketones (excluding diaryl/α,β-unsaturated/α-hetero) is 1. The van der Waals surface area contributed by atoms with Crippen molar-refractivity contribution in [1.82, 2.24) is 4.90 Å². The average molecular weight is 400 g/mol. The molecule has 1 aromatic rings. The Morgan fingerprint density at radius 3 is 2.63 bits per heavy atom. The Labute approximate surface area is 165 Å². The molecule has 0 bridgehead atoms. The summed E-state index contributed by atoms with van der Waals surface area (Å²) in [6, 6.07) is 6.94. The van der Waals surface area contributed by atoms with Crippen LogP contribution in [0.3, 0.4) is 0 Å². The molecular weight excluding hydrogens is 386 g/mol. The lowest BCUT2D eigenvalue weighted by Crippen LogP contribution is -2.32. The van der Waals surface area contributed by atoms with E-state index in [-0.39, 0.29) is 34.1 Å². The van der Waals surface area contributed by atoms with Crippen molar-refractivity contribution in [3.05, 3.63) is 82.0 Å². The van der Waals surface area contributed by atoms with Crippen LogP contribution in [0.2, 0.25) is 5.02 Å². The number of halogens is 1. The summed E-state index contributed by atoms with van der Waals surface area (Å²) in [5.41, 5.74) is 1.08. The summed E-state index contributed by atoms with van der Waals surface area (Å²) in [6.45, 7) is 0.154. The van der Waals surface area contributed by atoms with Gasteiger partial charge in [-0.05, 0) is 41.6 Å². The van der Waals surface area contributed by atoms with E-state index in [2.05, 4.69) is 0 Å². The molecule has 1 aromatic carbocycles. The van der Waals surface area contributed by atoms with E-state index in [4.69, 9.17) is 16.3 Å². The molecule has 2 atom stereocenters. The predicted octanol–water partition coefficient (Wildman–Crippen LogP) is 4.01. The molecule has 2 heterocycles. The fourth-order valence-electron chi connectivity index (χ4n) is 3.01. The third kappa shape index (κ3) is 3.50. The minimum absolute atomic E-state index is 0.128. The van der Waals surface area contributed by atoms with Crippen LogP contribution in [0, 0.1) is 5.92 Å². The van der Waals surface area contributed by atoms with Gasteiger partial charge in [0.2, 0.25) is 0 Å².